The lowest BCUT2D eigenvalue weighted by atomic mass is 10.0. The molecule has 2 aromatic carbocycles. The monoisotopic (exact) mass is 430 g/mol. The van der Waals surface area contributed by atoms with Crippen LogP contribution in [0.15, 0.2) is 40.9 Å². The van der Waals surface area contributed by atoms with E-state index in [0.29, 0.717) is 23.6 Å². The number of hydrogen-bond acceptors (Lipinski definition) is 5. The highest BCUT2D eigenvalue weighted by molar-refractivity contribution is 9.10. The highest BCUT2D eigenvalue weighted by Crippen LogP contribution is 2.43. The zero-order valence-electron chi connectivity index (χ0n) is 14.6. The van der Waals surface area contributed by atoms with Gasteiger partial charge < -0.3 is 24.4 Å². The van der Waals surface area contributed by atoms with E-state index in [-0.39, 0.29) is 25.0 Å². The average Bonchev–Trinajstić information content (AvgIpc) is 3.35. The van der Waals surface area contributed by atoms with Crippen molar-refractivity contribution in [3.8, 4) is 11.5 Å². The predicted molar refractivity (Wildman–Crippen MR) is 103 cm³/mol. The van der Waals surface area contributed by atoms with Gasteiger partial charge in [-0.15, -0.1) is 0 Å². The van der Waals surface area contributed by atoms with Gasteiger partial charge in [-0.3, -0.25) is 4.79 Å². The molecule has 7 heteroatoms. The Bertz CT molecular complexity index is 898. The lowest BCUT2D eigenvalue weighted by molar-refractivity contribution is 0.0426. The summed E-state index contributed by atoms with van der Waals surface area (Å²) in [6, 6.07) is 11.5. The van der Waals surface area contributed by atoms with Crippen LogP contribution in [0.3, 0.4) is 0 Å². The van der Waals surface area contributed by atoms with Crippen molar-refractivity contribution in [2.45, 2.75) is 25.1 Å². The first-order chi connectivity index (χ1) is 13.2. The van der Waals surface area contributed by atoms with E-state index < -0.39 is 0 Å². The van der Waals surface area contributed by atoms with Crippen LogP contribution in [0.4, 0.5) is 5.69 Å². The Labute approximate surface area is 165 Å². The molecule has 2 aromatic rings. The Kier molecular flexibility index (Phi) is 4.21. The van der Waals surface area contributed by atoms with Crippen LogP contribution < -0.4 is 14.8 Å². The minimum atomic E-state index is -0.303. The number of hydrogen-bond donors (Lipinski definition) is 1. The van der Waals surface area contributed by atoms with E-state index in [9.17, 15) is 4.79 Å². The van der Waals surface area contributed by atoms with Crippen LogP contribution in [-0.2, 0) is 4.74 Å². The molecule has 0 saturated carbocycles. The number of rotatable bonds is 3. The number of fused-ring (bicyclic) bond motifs is 2. The molecule has 0 unspecified atom stereocenters. The van der Waals surface area contributed by atoms with Gasteiger partial charge in [-0.05, 0) is 58.6 Å². The summed E-state index contributed by atoms with van der Waals surface area (Å²) in [5.41, 5.74) is 2.46. The van der Waals surface area contributed by atoms with Gasteiger partial charge in [0, 0.05) is 18.8 Å². The van der Waals surface area contributed by atoms with E-state index in [1.54, 1.807) is 0 Å². The molecule has 0 aromatic heterocycles. The average molecular weight is 431 g/mol. The van der Waals surface area contributed by atoms with Gasteiger partial charge in [0.2, 0.25) is 6.79 Å². The molecule has 1 N–H and O–H groups in total. The second-order valence-electron chi connectivity index (χ2n) is 6.92. The summed E-state index contributed by atoms with van der Waals surface area (Å²) in [5.74, 6) is 1.40. The quantitative estimate of drug-likeness (QED) is 0.799. The minimum absolute atomic E-state index is 0.0126. The van der Waals surface area contributed by atoms with Crippen LogP contribution in [0, 0.1) is 0 Å². The number of benzene rings is 2. The fourth-order valence-electron chi connectivity index (χ4n) is 3.90. The number of para-hydroxylation sites is 1. The lowest BCUT2D eigenvalue weighted by Crippen LogP contribution is -2.46. The number of carbonyl (C=O) groups excluding carboxylic acids is 1. The molecule has 3 aliphatic heterocycles. The molecule has 2 atom stereocenters. The third-order valence-corrected chi connectivity index (χ3v) is 5.80. The summed E-state index contributed by atoms with van der Waals surface area (Å²) in [4.78, 5) is 15.1. The number of carbonyl (C=O) groups is 1. The second kappa shape index (κ2) is 6.73. The van der Waals surface area contributed by atoms with Crippen molar-refractivity contribution in [1.82, 2.24) is 4.90 Å². The van der Waals surface area contributed by atoms with E-state index in [4.69, 9.17) is 14.2 Å². The van der Waals surface area contributed by atoms with Crippen LogP contribution in [0.5, 0.6) is 11.5 Å². The zero-order chi connectivity index (χ0) is 18.4. The van der Waals surface area contributed by atoms with E-state index in [2.05, 4.69) is 21.2 Å². The molecular weight excluding hydrogens is 412 g/mol. The summed E-state index contributed by atoms with van der Waals surface area (Å²) in [6.07, 6.45) is 1.78. The molecular formula is C20H19BrN2O4. The molecule has 0 bridgehead atoms. The number of halogens is 1. The van der Waals surface area contributed by atoms with Gasteiger partial charge in [0.25, 0.3) is 5.91 Å². The van der Waals surface area contributed by atoms with Gasteiger partial charge in [0.05, 0.1) is 16.1 Å². The second-order valence-corrected chi connectivity index (χ2v) is 7.78. The fourth-order valence-corrected chi connectivity index (χ4v) is 4.47. The fraction of sp³-hybridized carbons (Fsp3) is 0.350. The molecule has 0 aliphatic carbocycles. The van der Waals surface area contributed by atoms with E-state index in [1.807, 2.05) is 41.3 Å². The summed E-state index contributed by atoms with van der Waals surface area (Å²) in [7, 11) is 0. The molecule has 0 spiro atoms. The van der Waals surface area contributed by atoms with Crippen molar-refractivity contribution in [3.63, 3.8) is 0 Å². The Hall–Kier alpha value is -2.25. The van der Waals surface area contributed by atoms with Crippen molar-refractivity contribution >= 4 is 27.5 Å². The number of ether oxygens (including phenoxy) is 3. The normalized spacial score (nSPS) is 23.3. The maximum absolute atomic E-state index is 13.3. The highest BCUT2D eigenvalue weighted by atomic mass is 79.9. The Morgan fingerprint density at radius 2 is 2.11 bits per heavy atom. The summed E-state index contributed by atoms with van der Waals surface area (Å²) in [6.45, 7) is 1.52. The summed E-state index contributed by atoms with van der Waals surface area (Å²) < 4.78 is 17.7. The maximum Gasteiger partial charge on any atom is 0.257 e. The standard InChI is InChI=1S/C20H19BrN2O4/c21-15-8-12(9-17-18(15)27-11-26-17)19-22-16-6-2-1-5-14(16)20(24)23(19)10-13-4-3-7-25-13/h1-2,5-6,8-9,13,19,22H,3-4,7,10-11H2/t13-,19+/m0/s1. The van der Waals surface area contributed by atoms with E-state index in [0.717, 1.165) is 35.2 Å². The molecule has 27 heavy (non-hydrogen) atoms. The Balaban J connectivity index is 1.55. The van der Waals surface area contributed by atoms with E-state index in [1.165, 1.54) is 0 Å². The van der Waals surface area contributed by atoms with Gasteiger partial charge in [-0.25, -0.2) is 0 Å². The first kappa shape index (κ1) is 16.9. The first-order valence-corrected chi connectivity index (χ1v) is 9.87. The largest absolute Gasteiger partial charge is 0.454 e. The molecule has 1 amide bonds. The van der Waals surface area contributed by atoms with Gasteiger partial charge in [-0.2, -0.15) is 0 Å². The third kappa shape index (κ3) is 2.95. The smallest absolute Gasteiger partial charge is 0.257 e. The first-order valence-electron chi connectivity index (χ1n) is 9.08. The van der Waals surface area contributed by atoms with Crippen LogP contribution in [0.2, 0.25) is 0 Å². The van der Waals surface area contributed by atoms with Crippen molar-refractivity contribution in [1.29, 1.82) is 0 Å². The summed E-state index contributed by atoms with van der Waals surface area (Å²) in [5, 5.41) is 3.52. The van der Waals surface area contributed by atoms with Crippen molar-refractivity contribution < 1.29 is 19.0 Å². The molecule has 5 rings (SSSR count). The lowest BCUT2D eigenvalue weighted by Gasteiger charge is -2.39. The van der Waals surface area contributed by atoms with Crippen molar-refractivity contribution in [3.05, 3.63) is 52.0 Å². The predicted octanol–water partition coefficient (Wildman–Crippen LogP) is 3.92. The topological polar surface area (TPSA) is 60.0 Å². The van der Waals surface area contributed by atoms with Crippen LogP contribution in [-0.4, -0.2) is 36.9 Å². The van der Waals surface area contributed by atoms with Crippen molar-refractivity contribution in [2.24, 2.45) is 0 Å². The molecule has 6 nitrogen and oxygen atoms in total. The molecule has 1 fully saturated rings. The van der Waals surface area contributed by atoms with Gasteiger partial charge in [-0.1, -0.05) is 12.1 Å². The maximum atomic E-state index is 13.3. The number of nitrogens with one attached hydrogen (secondary N) is 1. The summed E-state index contributed by atoms with van der Waals surface area (Å²) >= 11 is 3.56. The number of nitrogens with zero attached hydrogens (tertiary/aromatic N) is 1. The molecule has 0 radical (unpaired) electrons. The van der Waals surface area contributed by atoms with Gasteiger partial charge >= 0.3 is 0 Å². The van der Waals surface area contributed by atoms with Crippen molar-refractivity contribution in [2.75, 3.05) is 25.3 Å². The Morgan fingerprint density at radius 1 is 1.22 bits per heavy atom. The highest BCUT2D eigenvalue weighted by Gasteiger charge is 2.36. The van der Waals surface area contributed by atoms with Gasteiger partial charge in [0.1, 0.15) is 6.17 Å². The SMILES string of the molecule is O=C1c2ccccc2N[C@@H](c2cc(Br)c3c(c2)OCO3)N1C[C@@H]1CCCO1. The Morgan fingerprint density at radius 3 is 2.96 bits per heavy atom. The molecule has 140 valence electrons. The molecule has 3 aliphatic rings. The number of anilines is 1. The van der Waals surface area contributed by atoms with Crippen LogP contribution >= 0.6 is 15.9 Å². The zero-order valence-corrected chi connectivity index (χ0v) is 16.2. The van der Waals surface area contributed by atoms with Gasteiger partial charge in [0.15, 0.2) is 11.5 Å². The minimum Gasteiger partial charge on any atom is -0.454 e. The van der Waals surface area contributed by atoms with Crippen LogP contribution in [0.25, 0.3) is 0 Å². The molecule has 1 saturated heterocycles. The van der Waals surface area contributed by atoms with Crippen LogP contribution in [0.1, 0.15) is 34.9 Å². The van der Waals surface area contributed by atoms with E-state index >= 15 is 0 Å². The molecule has 3 heterocycles. The number of amides is 1. The third-order valence-electron chi connectivity index (χ3n) is 5.21.